The Morgan fingerprint density at radius 2 is 1.63 bits per heavy atom. The summed E-state index contributed by atoms with van der Waals surface area (Å²) in [6.07, 6.45) is 8.40. The highest BCUT2D eigenvalue weighted by Gasteiger charge is 2.41. The number of hydrogen-bond donors (Lipinski definition) is 0. The van der Waals surface area contributed by atoms with Gasteiger partial charge in [0, 0.05) is 68.9 Å². The maximum absolute atomic E-state index is 9.27. The summed E-state index contributed by atoms with van der Waals surface area (Å²) in [5.74, 6) is 3.42. The van der Waals surface area contributed by atoms with E-state index in [1.165, 1.54) is 0 Å². The van der Waals surface area contributed by atoms with Crippen molar-refractivity contribution < 1.29 is 0 Å². The zero-order valence-corrected chi connectivity index (χ0v) is 14.5. The van der Waals surface area contributed by atoms with Crippen molar-refractivity contribution in [3.8, 4) is 11.9 Å². The Kier molecular flexibility index (Phi) is 3.67. The minimum absolute atomic E-state index is 0.397. The van der Waals surface area contributed by atoms with Gasteiger partial charge in [0.25, 0.3) is 0 Å². The molecule has 3 aromatic heterocycles. The highest BCUT2D eigenvalue weighted by atomic mass is 15.3. The second-order valence-corrected chi connectivity index (χ2v) is 6.86. The molecule has 9 heteroatoms. The van der Waals surface area contributed by atoms with E-state index in [0.717, 1.165) is 37.8 Å². The fraction of sp³-hybridized carbons (Fsp3) is 0.333. The molecular weight excluding hydrogens is 342 g/mol. The van der Waals surface area contributed by atoms with Crippen LogP contribution in [0, 0.1) is 23.2 Å². The topological polar surface area (TPSA) is 99.7 Å². The molecule has 2 saturated heterocycles. The lowest BCUT2D eigenvalue weighted by atomic mass is 10.0. The summed E-state index contributed by atoms with van der Waals surface area (Å²) in [4.78, 5) is 21.8. The number of hydrogen-bond acceptors (Lipinski definition) is 8. The van der Waals surface area contributed by atoms with Crippen LogP contribution in [-0.4, -0.2) is 55.9 Å². The minimum Gasteiger partial charge on any atom is -0.356 e. The van der Waals surface area contributed by atoms with Crippen molar-refractivity contribution in [2.45, 2.75) is 0 Å². The predicted octanol–water partition coefficient (Wildman–Crippen LogP) is 0.897. The number of aromatic nitrogens is 6. The first-order valence-electron chi connectivity index (χ1n) is 8.85. The molecule has 2 fully saturated rings. The van der Waals surface area contributed by atoms with Gasteiger partial charge in [0.1, 0.15) is 18.2 Å². The second kappa shape index (κ2) is 6.32. The molecule has 5 rings (SSSR count). The molecule has 0 spiro atoms. The highest BCUT2D eigenvalue weighted by Crippen LogP contribution is 2.35. The van der Waals surface area contributed by atoms with Crippen LogP contribution >= 0.6 is 0 Å². The largest absolute Gasteiger partial charge is 0.356 e. The quantitative estimate of drug-likeness (QED) is 0.680. The van der Waals surface area contributed by atoms with Crippen LogP contribution in [0.5, 0.6) is 0 Å². The maximum atomic E-state index is 9.27. The molecule has 0 radical (unpaired) electrons. The van der Waals surface area contributed by atoms with Crippen molar-refractivity contribution in [3.05, 3.63) is 48.9 Å². The smallest absolute Gasteiger partial charge is 0.183 e. The van der Waals surface area contributed by atoms with E-state index < -0.39 is 0 Å². The lowest BCUT2D eigenvalue weighted by Crippen LogP contribution is -2.30. The van der Waals surface area contributed by atoms with E-state index in [4.69, 9.17) is 0 Å². The number of fused-ring (bicyclic) bond motifs is 1. The monoisotopic (exact) mass is 359 g/mol. The number of nitriles is 1. The summed E-state index contributed by atoms with van der Waals surface area (Å²) in [7, 11) is 0. The number of rotatable bonds is 3. The molecule has 5 heterocycles. The van der Waals surface area contributed by atoms with Crippen molar-refractivity contribution in [2.24, 2.45) is 11.8 Å². The summed E-state index contributed by atoms with van der Waals surface area (Å²) in [6.45, 7) is 3.62. The van der Waals surface area contributed by atoms with Gasteiger partial charge in [0.05, 0.1) is 0 Å². The molecule has 9 nitrogen and oxygen atoms in total. The fourth-order valence-corrected chi connectivity index (χ4v) is 4.03. The molecule has 134 valence electrons. The Hall–Kier alpha value is -3.54. The van der Waals surface area contributed by atoms with Crippen LogP contribution < -0.4 is 9.80 Å². The third kappa shape index (κ3) is 2.75. The standard InChI is InChI=1S/C18H17N9/c19-7-15-18(21-4-3-20-15)26-10-13-8-25(9-14(13)11-26)16-6-17(23-12-22-16)27-5-1-2-24-27/h1-6,12-14H,8-11H2. The van der Waals surface area contributed by atoms with Crippen LogP contribution in [0.1, 0.15) is 5.69 Å². The van der Waals surface area contributed by atoms with E-state index in [1.807, 2.05) is 18.3 Å². The van der Waals surface area contributed by atoms with Crippen molar-refractivity contribution >= 4 is 11.6 Å². The van der Waals surface area contributed by atoms with Gasteiger partial charge < -0.3 is 9.80 Å². The van der Waals surface area contributed by atoms with E-state index in [-0.39, 0.29) is 0 Å². The van der Waals surface area contributed by atoms with E-state index in [0.29, 0.717) is 23.3 Å². The van der Waals surface area contributed by atoms with Crippen molar-refractivity contribution in [2.75, 3.05) is 36.0 Å². The molecule has 0 saturated carbocycles. The van der Waals surface area contributed by atoms with Gasteiger partial charge in [-0.1, -0.05) is 0 Å². The summed E-state index contributed by atoms with van der Waals surface area (Å²) in [6, 6.07) is 5.99. The van der Waals surface area contributed by atoms with Crippen LogP contribution in [0.25, 0.3) is 5.82 Å². The molecule has 2 atom stereocenters. The molecule has 0 aromatic carbocycles. The Labute approximate surface area is 155 Å². The molecule has 0 amide bonds. The van der Waals surface area contributed by atoms with Crippen LogP contribution in [0.15, 0.2) is 43.2 Å². The highest BCUT2D eigenvalue weighted by molar-refractivity contribution is 5.52. The maximum Gasteiger partial charge on any atom is 0.183 e. The minimum atomic E-state index is 0.397. The molecule has 0 aliphatic carbocycles. The predicted molar refractivity (Wildman–Crippen MR) is 97.3 cm³/mol. The summed E-state index contributed by atoms with van der Waals surface area (Å²) < 4.78 is 1.74. The Morgan fingerprint density at radius 1 is 0.889 bits per heavy atom. The van der Waals surface area contributed by atoms with Gasteiger partial charge in [-0.2, -0.15) is 10.4 Å². The van der Waals surface area contributed by atoms with Gasteiger partial charge in [-0.05, 0) is 6.07 Å². The normalized spacial score (nSPS) is 21.3. The lowest BCUT2D eigenvalue weighted by molar-refractivity contribution is 0.533. The van der Waals surface area contributed by atoms with Gasteiger partial charge in [-0.25, -0.2) is 24.6 Å². The SMILES string of the molecule is N#Cc1nccnc1N1CC2CN(c3cc(-n4cccn4)ncn3)CC2C1. The first kappa shape index (κ1) is 15.7. The average molecular weight is 359 g/mol. The van der Waals surface area contributed by atoms with E-state index in [2.05, 4.69) is 40.9 Å². The molecule has 2 unspecified atom stereocenters. The molecular formula is C18H17N9. The van der Waals surface area contributed by atoms with E-state index in [1.54, 1.807) is 29.6 Å². The average Bonchev–Trinajstić information content (AvgIpc) is 3.44. The zero-order chi connectivity index (χ0) is 18.2. The van der Waals surface area contributed by atoms with Gasteiger partial charge >= 0.3 is 0 Å². The van der Waals surface area contributed by atoms with Gasteiger partial charge in [-0.3, -0.25) is 0 Å². The Balaban J connectivity index is 1.32. The first-order valence-corrected chi connectivity index (χ1v) is 8.85. The molecule has 2 aliphatic heterocycles. The van der Waals surface area contributed by atoms with Crippen molar-refractivity contribution in [1.82, 2.24) is 29.7 Å². The first-order chi connectivity index (χ1) is 13.3. The van der Waals surface area contributed by atoms with Gasteiger partial charge in [0.15, 0.2) is 17.3 Å². The summed E-state index contributed by atoms with van der Waals surface area (Å²) in [5, 5.41) is 13.5. The number of nitrogens with zero attached hydrogens (tertiary/aromatic N) is 9. The van der Waals surface area contributed by atoms with Crippen molar-refractivity contribution in [1.29, 1.82) is 5.26 Å². The zero-order valence-electron chi connectivity index (χ0n) is 14.5. The number of anilines is 2. The second-order valence-electron chi connectivity index (χ2n) is 6.86. The fourth-order valence-electron chi connectivity index (χ4n) is 4.03. The molecule has 3 aromatic rings. The van der Waals surface area contributed by atoms with Crippen LogP contribution in [0.4, 0.5) is 11.6 Å². The summed E-state index contributed by atoms with van der Waals surface area (Å²) >= 11 is 0. The van der Waals surface area contributed by atoms with Gasteiger partial charge in [0.2, 0.25) is 0 Å². The Morgan fingerprint density at radius 3 is 2.37 bits per heavy atom. The van der Waals surface area contributed by atoms with Crippen LogP contribution in [0.2, 0.25) is 0 Å². The molecule has 0 N–H and O–H groups in total. The molecule has 0 bridgehead atoms. The lowest BCUT2D eigenvalue weighted by Gasteiger charge is -2.23. The van der Waals surface area contributed by atoms with Crippen LogP contribution in [-0.2, 0) is 0 Å². The molecule has 27 heavy (non-hydrogen) atoms. The summed E-state index contributed by atoms with van der Waals surface area (Å²) in [5.41, 5.74) is 0.397. The third-order valence-electron chi connectivity index (χ3n) is 5.27. The van der Waals surface area contributed by atoms with Gasteiger partial charge in [-0.15, -0.1) is 0 Å². The van der Waals surface area contributed by atoms with Crippen molar-refractivity contribution in [3.63, 3.8) is 0 Å². The van der Waals surface area contributed by atoms with E-state index in [9.17, 15) is 5.26 Å². The van der Waals surface area contributed by atoms with E-state index >= 15 is 0 Å². The molecule has 2 aliphatic rings. The Bertz CT molecular complexity index is 980. The third-order valence-corrected chi connectivity index (χ3v) is 5.27. The van der Waals surface area contributed by atoms with Crippen LogP contribution in [0.3, 0.4) is 0 Å².